The molecule has 0 bridgehead atoms. The Morgan fingerprint density at radius 3 is 1.23 bits per heavy atom. The van der Waals surface area contributed by atoms with Crippen molar-refractivity contribution in [1.29, 1.82) is 0 Å². The van der Waals surface area contributed by atoms with Gasteiger partial charge in [-0.3, -0.25) is 14.4 Å². The van der Waals surface area contributed by atoms with Crippen molar-refractivity contribution in [2.75, 3.05) is 13.2 Å². The van der Waals surface area contributed by atoms with E-state index in [-0.39, 0.29) is 25.9 Å². The van der Waals surface area contributed by atoms with Crippen LogP contribution in [-0.2, 0) is 42.9 Å². The zero-order chi connectivity index (χ0) is 57.5. The summed E-state index contributed by atoms with van der Waals surface area (Å²) < 4.78 is 28.4. The predicted octanol–water partition coefficient (Wildman–Crippen LogP) is 16.2. The second kappa shape index (κ2) is 54.0. The predicted molar refractivity (Wildman–Crippen MR) is 321 cm³/mol. The largest absolute Gasteiger partial charge is 0.479 e. The second-order valence-electron chi connectivity index (χ2n) is 20.6. The highest BCUT2D eigenvalue weighted by Gasteiger charge is 2.50. The van der Waals surface area contributed by atoms with E-state index in [4.69, 9.17) is 23.7 Å². The van der Waals surface area contributed by atoms with Crippen LogP contribution < -0.4 is 0 Å². The van der Waals surface area contributed by atoms with E-state index in [1.165, 1.54) is 51.4 Å². The Hall–Kier alpha value is -4.62. The first kappa shape index (κ1) is 72.4. The number of carboxylic acid groups (broad SMARTS) is 1. The summed E-state index contributed by atoms with van der Waals surface area (Å²) in [6.07, 6.45) is 60.5. The van der Waals surface area contributed by atoms with Crippen LogP contribution in [0.15, 0.2) is 109 Å². The third kappa shape index (κ3) is 43.8. The van der Waals surface area contributed by atoms with Gasteiger partial charge in [-0.15, -0.1) is 0 Å². The number of ether oxygens (including phenoxy) is 5. The lowest BCUT2D eigenvalue weighted by Gasteiger charge is -2.40. The van der Waals surface area contributed by atoms with Crippen LogP contribution in [0.3, 0.4) is 0 Å². The number of hydrogen-bond donors (Lipinski definition) is 3. The summed E-state index contributed by atoms with van der Waals surface area (Å²) in [5, 5.41) is 31.5. The van der Waals surface area contributed by atoms with Gasteiger partial charge in [-0.1, -0.05) is 226 Å². The van der Waals surface area contributed by atoms with Gasteiger partial charge in [0.25, 0.3) is 0 Å². The van der Waals surface area contributed by atoms with Gasteiger partial charge >= 0.3 is 23.9 Å². The fourth-order valence-electron chi connectivity index (χ4n) is 8.68. The quantitative estimate of drug-likeness (QED) is 0.0228. The van der Waals surface area contributed by atoms with Crippen LogP contribution in [0.5, 0.6) is 0 Å². The van der Waals surface area contributed by atoms with E-state index in [0.29, 0.717) is 19.3 Å². The minimum absolute atomic E-state index is 0.0517. The van der Waals surface area contributed by atoms with E-state index >= 15 is 0 Å². The molecule has 3 N–H and O–H groups in total. The fraction of sp³-hybridized carbons (Fsp3) is 0.672. The van der Waals surface area contributed by atoms with E-state index in [9.17, 15) is 34.5 Å². The summed E-state index contributed by atoms with van der Waals surface area (Å²) in [4.78, 5) is 51.2. The topological polar surface area (TPSA) is 175 Å². The van der Waals surface area contributed by atoms with Gasteiger partial charge in [0.2, 0.25) is 0 Å². The normalized spacial score (nSPS) is 18.6. The Morgan fingerprint density at radius 2 is 0.797 bits per heavy atom. The minimum Gasteiger partial charge on any atom is -0.479 e. The maximum Gasteiger partial charge on any atom is 0.335 e. The number of unbranched alkanes of at least 4 members (excludes halogenated alkanes) is 19. The number of aliphatic hydroxyl groups is 2. The van der Waals surface area contributed by atoms with Gasteiger partial charge in [-0.05, 0) is 103 Å². The Labute approximate surface area is 478 Å². The van der Waals surface area contributed by atoms with Gasteiger partial charge in [0.05, 0.1) is 6.61 Å². The van der Waals surface area contributed by atoms with Crippen LogP contribution in [0.25, 0.3) is 0 Å². The average Bonchev–Trinajstić information content (AvgIpc) is 3.44. The molecule has 79 heavy (non-hydrogen) atoms. The standard InChI is InChI=1S/C67H108O12/c1-4-7-10-13-16-19-22-25-27-29-30-32-33-36-38-41-44-47-50-53-59(68)75-56-58(77-60(69)54-51-48-45-42-40-37-34-31-28-26-23-20-17-14-11-8-5-2)57-76-67-65(63(72)62(71)64(79-67)66(73)74)78-61(70)55-52-49-46-43-39-35-24-21-18-15-12-9-6-3/h7-8,10-11,16-17,19-20,25-28,30,32,34,36-38,58,62-65,67,71-72H,4-6,9,12-15,18,21-24,29,31,33,35,39-57H2,1-3H3,(H,73,74)/b10-7-,11-8-,19-16-,20-17-,27-25-,28-26-,32-30-,37-34-,38-36-. The third-order valence-corrected chi connectivity index (χ3v) is 13.3. The maximum absolute atomic E-state index is 13.2. The van der Waals surface area contributed by atoms with Gasteiger partial charge in [-0.2, -0.15) is 0 Å². The van der Waals surface area contributed by atoms with Gasteiger partial charge < -0.3 is 39.0 Å². The molecule has 0 aliphatic carbocycles. The first-order valence-corrected chi connectivity index (χ1v) is 30.9. The van der Waals surface area contributed by atoms with E-state index in [0.717, 1.165) is 128 Å². The van der Waals surface area contributed by atoms with Crippen molar-refractivity contribution < 1.29 is 58.2 Å². The number of rotatable bonds is 51. The van der Waals surface area contributed by atoms with E-state index in [1.54, 1.807) is 0 Å². The Bertz CT molecular complexity index is 1790. The maximum atomic E-state index is 13.2. The molecule has 1 saturated heterocycles. The molecule has 1 rings (SSSR count). The van der Waals surface area contributed by atoms with Gasteiger partial charge in [0, 0.05) is 19.3 Å². The molecule has 0 aromatic heterocycles. The van der Waals surface area contributed by atoms with Crippen molar-refractivity contribution >= 4 is 23.9 Å². The molecule has 1 aliphatic heterocycles. The highest BCUT2D eigenvalue weighted by atomic mass is 16.7. The second-order valence-corrected chi connectivity index (χ2v) is 20.6. The highest BCUT2D eigenvalue weighted by Crippen LogP contribution is 2.26. The van der Waals surface area contributed by atoms with Crippen LogP contribution in [-0.4, -0.2) is 89.2 Å². The molecule has 0 saturated carbocycles. The third-order valence-electron chi connectivity index (χ3n) is 13.3. The lowest BCUT2D eigenvalue weighted by molar-refractivity contribution is -0.301. The Balaban J connectivity index is 2.73. The lowest BCUT2D eigenvalue weighted by atomic mass is 9.98. The summed E-state index contributed by atoms with van der Waals surface area (Å²) in [6, 6.07) is 0. The van der Waals surface area contributed by atoms with E-state index < -0.39 is 67.3 Å². The van der Waals surface area contributed by atoms with Crippen molar-refractivity contribution in [1.82, 2.24) is 0 Å². The van der Waals surface area contributed by atoms with Crippen molar-refractivity contribution in [3.05, 3.63) is 109 Å². The number of allylic oxidation sites excluding steroid dienone is 18. The molecule has 6 unspecified atom stereocenters. The molecular formula is C67H108O12. The van der Waals surface area contributed by atoms with E-state index in [2.05, 4.69) is 130 Å². The fourth-order valence-corrected chi connectivity index (χ4v) is 8.68. The molecule has 12 nitrogen and oxygen atoms in total. The molecule has 448 valence electrons. The molecule has 0 aromatic rings. The Kier molecular flexibility index (Phi) is 49.5. The van der Waals surface area contributed by atoms with Gasteiger partial charge in [0.1, 0.15) is 18.8 Å². The monoisotopic (exact) mass is 1100 g/mol. The Morgan fingerprint density at radius 1 is 0.430 bits per heavy atom. The highest BCUT2D eigenvalue weighted by molar-refractivity contribution is 5.74. The first-order chi connectivity index (χ1) is 38.6. The summed E-state index contributed by atoms with van der Waals surface area (Å²) in [7, 11) is 0. The van der Waals surface area contributed by atoms with Crippen molar-refractivity contribution in [3.63, 3.8) is 0 Å². The minimum atomic E-state index is -1.91. The van der Waals surface area contributed by atoms with Crippen molar-refractivity contribution in [2.24, 2.45) is 0 Å². The zero-order valence-electron chi connectivity index (χ0n) is 49.3. The van der Waals surface area contributed by atoms with Crippen LogP contribution in [0.2, 0.25) is 0 Å². The van der Waals surface area contributed by atoms with Crippen LogP contribution in [0.1, 0.15) is 239 Å². The van der Waals surface area contributed by atoms with Gasteiger partial charge in [-0.25, -0.2) is 4.79 Å². The molecule has 1 fully saturated rings. The number of esters is 3. The molecule has 1 aliphatic rings. The molecule has 0 aromatic carbocycles. The molecule has 0 spiro atoms. The van der Waals surface area contributed by atoms with Crippen LogP contribution in [0, 0.1) is 0 Å². The number of carboxylic acids is 1. The molecular weight excluding hydrogens is 997 g/mol. The van der Waals surface area contributed by atoms with Crippen molar-refractivity contribution in [3.8, 4) is 0 Å². The summed E-state index contributed by atoms with van der Waals surface area (Å²) in [5.74, 6) is -3.20. The smallest absolute Gasteiger partial charge is 0.335 e. The SMILES string of the molecule is CC/C=C\C/C=C\C/C=C\C/C=C\C/C=C\CCCCCC(=O)OCC(COC1OC(C(=O)O)C(O)C(O)C1OC(=O)CCCCCCCCCCCCCCC)OC(=O)CCCCCC/C=C\C/C=C\C/C=C\C/C=C\CC. The van der Waals surface area contributed by atoms with Crippen molar-refractivity contribution in [2.45, 2.75) is 276 Å². The van der Waals surface area contributed by atoms with E-state index in [1.807, 2.05) is 0 Å². The number of aliphatic hydroxyl groups excluding tert-OH is 2. The first-order valence-electron chi connectivity index (χ1n) is 30.9. The summed E-state index contributed by atoms with van der Waals surface area (Å²) in [5.41, 5.74) is 0. The number of carbonyl (C=O) groups excluding carboxylic acids is 3. The number of carbonyl (C=O) groups is 4. The molecule has 6 atom stereocenters. The molecule has 0 radical (unpaired) electrons. The lowest BCUT2D eigenvalue weighted by Crippen LogP contribution is -2.61. The van der Waals surface area contributed by atoms with Gasteiger partial charge in [0.15, 0.2) is 24.6 Å². The summed E-state index contributed by atoms with van der Waals surface area (Å²) >= 11 is 0. The zero-order valence-corrected chi connectivity index (χ0v) is 49.3. The van der Waals surface area contributed by atoms with Crippen LogP contribution in [0.4, 0.5) is 0 Å². The average molecular weight is 1110 g/mol. The number of aliphatic carboxylic acids is 1. The number of hydrogen-bond acceptors (Lipinski definition) is 11. The van der Waals surface area contributed by atoms with Crippen LogP contribution >= 0.6 is 0 Å². The summed E-state index contributed by atoms with van der Waals surface area (Å²) in [6.45, 7) is 5.72. The molecule has 1 heterocycles. The molecule has 0 amide bonds. The molecule has 12 heteroatoms.